The fourth-order valence-corrected chi connectivity index (χ4v) is 2.33. The molecule has 1 aromatic heterocycles. The molecule has 1 fully saturated rings. The number of aromatic nitrogens is 2. The summed E-state index contributed by atoms with van der Waals surface area (Å²) in [6, 6.07) is 8.95. The SMILES string of the molecule is O=C(NCc1ccn[nH]1)c1ccc(OC[C@@H]2CCCO2)cc1. The quantitative estimate of drug-likeness (QED) is 0.854. The van der Waals surface area contributed by atoms with Crippen molar-refractivity contribution in [1.82, 2.24) is 15.5 Å². The van der Waals surface area contributed by atoms with Gasteiger partial charge >= 0.3 is 0 Å². The van der Waals surface area contributed by atoms with Crippen LogP contribution in [0.3, 0.4) is 0 Å². The Labute approximate surface area is 128 Å². The lowest BCUT2D eigenvalue weighted by Crippen LogP contribution is -2.23. The molecule has 1 aliphatic rings. The van der Waals surface area contributed by atoms with Crippen LogP contribution in [0.1, 0.15) is 28.9 Å². The van der Waals surface area contributed by atoms with Gasteiger partial charge in [-0.25, -0.2) is 0 Å². The predicted octanol–water partition coefficient (Wildman–Crippen LogP) is 1.90. The fourth-order valence-electron chi connectivity index (χ4n) is 2.33. The lowest BCUT2D eigenvalue weighted by Gasteiger charge is -2.11. The molecule has 1 saturated heterocycles. The van der Waals surface area contributed by atoms with Gasteiger partial charge in [0.15, 0.2) is 0 Å². The molecule has 0 radical (unpaired) electrons. The summed E-state index contributed by atoms with van der Waals surface area (Å²) in [4.78, 5) is 12.0. The summed E-state index contributed by atoms with van der Waals surface area (Å²) in [6.07, 6.45) is 4.00. The molecule has 6 nitrogen and oxygen atoms in total. The third kappa shape index (κ3) is 3.85. The van der Waals surface area contributed by atoms with E-state index in [1.54, 1.807) is 30.5 Å². The first-order chi connectivity index (χ1) is 10.8. The summed E-state index contributed by atoms with van der Waals surface area (Å²) in [5, 5.41) is 9.46. The largest absolute Gasteiger partial charge is 0.491 e. The molecule has 0 saturated carbocycles. The number of nitrogens with zero attached hydrogens (tertiary/aromatic N) is 1. The Bertz CT molecular complexity index is 590. The van der Waals surface area contributed by atoms with Crippen molar-refractivity contribution in [2.45, 2.75) is 25.5 Å². The summed E-state index contributed by atoms with van der Waals surface area (Å²) < 4.78 is 11.2. The number of benzene rings is 1. The first kappa shape index (κ1) is 14.6. The molecule has 1 atom stereocenters. The second-order valence-electron chi connectivity index (χ2n) is 5.23. The topological polar surface area (TPSA) is 76.2 Å². The highest BCUT2D eigenvalue weighted by Gasteiger charge is 2.16. The summed E-state index contributed by atoms with van der Waals surface area (Å²) in [5.74, 6) is 0.626. The van der Waals surface area contributed by atoms with E-state index in [1.165, 1.54) is 0 Å². The Morgan fingerprint density at radius 2 is 2.23 bits per heavy atom. The van der Waals surface area contributed by atoms with Crippen LogP contribution in [-0.2, 0) is 11.3 Å². The standard InChI is InChI=1S/C16H19N3O3/c20-16(17-10-13-7-8-18-19-13)12-3-5-14(6-4-12)22-11-15-2-1-9-21-15/h3-8,15H,1-2,9-11H2,(H,17,20)(H,18,19)/t15-/m0/s1. The predicted molar refractivity (Wildman–Crippen MR) is 80.7 cm³/mol. The number of hydrogen-bond acceptors (Lipinski definition) is 4. The maximum Gasteiger partial charge on any atom is 0.251 e. The van der Waals surface area contributed by atoms with Gasteiger partial charge in [-0.15, -0.1) is 0 Å². The molecule has 6 heteroatoms. The number of rotatable bonds is 6. The number of aromatic amines is 1. The average molecular weight is 301 g/mol. The first-order valence-electron chi connectivity index (χ1n) is 7.42. The van der Waals surface area contributed by atoms with Gasteiger partial charge in [0, 0.05) is 18.4 Å². The van der Waals surface area contributed by atoms with Gasteiger partial charge in [-0.05, 0) is 43.2 Å². The van der Waals surface area contributed by atoms with Crippen LogP contribution in [0.2, 0.25) is 0 Å². The van der Waals surface area contributed by atoms with E-state index in [4.69, 9.17) is 9.47 Å². The van der Waals surface area contributed by atoms with Crippen molar-refractivity contribution in [2.24, 2.45) is 0 Å². The van der Waals surface area contributed by atoms with Gasteiger partial charge in [0.1, 0.15) is 12.4 Å². The van der Waals surface area contributed by atoms with E-state index >= 15 is 0 Å². The molecule has 0 aliphatic carbocycles. The number of nitrogens with one attached hydrogen (secondary N) is 2. The van der Waals surface area contributed by atoms with Crippen LogP contribution in [0, 0.1) is 0 Å². The van der Waals surface area contributed by atoms with Gasteiger partial charge in [-0.2, -0.15) is 5.10 Å². The van der Waals surface area contributed by atoms with Crippen molar-refractivity contribution in [2.75, 3.05) is 13.2 Å². The second kappa shape index (κ2) is 7.09. The van der Waals surface area contributed by atoms with Crippen LogP contribution in [0.15, 0.2) is 36.5 Å². The highest BCUT2D eigenvalue weighted by Crippen LogP contribution is 2.16. The zero-order chi connectivity index (χ0) is 15.2. The van der Waals surface area contributed by atoms with E-state index in [0.29, 0.717) is 18.7 Å². The Hall–Kier alpha value is -2.34. The molecular formula is C16H19N3O3. The Morgan fingerprint density at radius 3 is 2.91 bits per heavy atom. The lowest BCUT2D eigenvalue weighted by molar-refractivity contribution is 0.0679. The summed E-state index contributed by atoms with van der Waals surface area (Å²) in [7, 11) is 0. The summed E-state index contributed by atoms with van der Waals surface area (Å²) in [5.41, 5.74) is 1.47. The minimum atomic E-state index is -0.125. The van der Waals surface area contributed by atoms with Gasteiger partial charge in [0.25, 0.3) is 5.91 Å². The van der Waals surface area contributed by atoms with E-state index in [0.717, 1.165) is 30.9 Å². The molecule has 0 unspecified atom stereocenters. The molecule has 1 amide bonds. The molecule has 2 aromatic rings. The van der Waals surface area contributed by atoms with E-state index in [1.807, 2.05) is 6.07 Å². The van der Waals surface area contributed by atoms with Crippen LogP contribution in [0.4, 0.5) is 0 Å². The zero-order valence-electron chi connectivity index (χ0n) is 12.2. The van der Waals surface area contributed by atoms with Crippen molar-refractivity contribution in [1.29, 1.82) is 0 Å². The van der Waals surface area contributed by atoms with Crippen molar-refractivity contribution in [3.05, 3.63) is 47.8 Å². The second-order valence-corrected chi connectivity index (χ2v) is 5.23. The third-order valence-corrected chi connectivity index (χ3v) is 3.57. The van der Waals surface area contributed by atoms with E-state index in [2.05, 4.69) is 15.5 Å². The zero-order valence-corrected chi connectivity index (χ0v) is 12.2. The monoisotopic (exact) mass is 301 g/mol. The number of carbonyl (C=O) groups excluding carboxylic acids is 1. The number of carbonyl (C=O) groups is 1. The molecule has 0 spiro atoms. The molecule has 116 valence electrons. The Balaban J connectivity index is 1.48. The molecule has 3 rings (SSSR count). The molecule has 22 heavy (non-hydrogen) atoms. The summed E-state index contributed by atoms with van der Waals surface area (Å²) >= 11 is 0. The van der Waals surface area contributed by atoms with Gasteiger partial charge in [0.05, 0.1) is 18.3 Å². The first-order valence-corrected chi connectivity index (χ1v) is 7.42. The van der Waals surface area contributed by atoms with E-state index < -0.39 is 0 Å². The molecule has 1 aliphatic heterocycles. The van der Waals surface area contributed by atoms with Crippen molar-refractivity contribution < 1.29 is 14.3 Å². The minimum Gasteiger partial charge on any atom is -0.491 e. The van der Waals surface area contributed by atoms with Crippen LogP contribution < -0.4 is 10.1 Å². The van der Waals surface area contributed by atoms with Crippen LogP contribution in [-0.4, -0.2) is 35.4 Å². The number of ether oxygens (including phenoxy) is 2. The number of hydrogen-bond donors (Lipinski definition) is 2. The van der Waals surface area contributed by atoms with Crippen molar-refractivity contribution in [3.8, 4) is 5.75 Å². The van der Waals surface area contributed by atoms with Gasteiger partial charge in [-0.3, -0.25) is 9.89 Å². The lowest BCUT2D eigenvalue weighted by atomic mass is 10.2. The van der Waals surface area contributed by atoms with Crippen molar-refractivity contribution >= 4 is 5.91 Å². The molecule has 1 aromatic carbocycles. The molecule has 2 N–H and O–H groups in total. The number of amides is 1. The van der Waals surface area contributed by atoms with Crippen LogP contribution in [0.25, 0.3) is 0 Å². The molecule has 2 heterocycles. The average Bonchev–Trinajstić information content (AvgIpc) is 3.24. The van der Waals surface area contributed by atoms with Crippen LogP contribution in [0.5, 0.6) is 5.75 Å². The fraction of sp³-hybridized carbons (Fsp3) is 0.375. The van der Waals surface area contributed by atoms with Crippen LogP contribution >= 0.6 is 0 Å². The molecule has 0 bridgehead atoms. The van der Waals surface area contributed by atoms with Gasteiger partial charge in [0.2, 0.25) is 0 Å². The smallest absolute Gasteiger partial charge is 0.251 e. The van der Waals surface area contributed by atoms with Gasteiger partial charge in [-0.1, -0.05) is 0 Å². The Morgan fingerprint density at radius 1 is 1.36 bits per heavy atom. The van der Waals surface area contributed by atoms with E-state index in [-0.39, 0.29) is 12.0 Å². The normalized spacial score (nSPS) is 17.4. The summed E-state index contributed by atoms with van der Waals surface area (Å²) in [6.45, 7) is 1.81. The number of H-pyrrole nitrogens is 1. The van der Waals surface area contributed by atoms with Gasteiger partial charge < -0.3 is 14.8 Å². The molecular weight excluding hydrogens is 282 g/mol. The highest BCUT2D eigenvalue weighted by molar-refractivity contribution is 5.94. The third-order valence-electron chi connectivity index (χ3n) is 3.57. The Kier molecular flexibility index (Phi) is 4.70. The van der Waals surface area contributed by atoms with E-state index in [9.17, 15) is 4.79 Å². The maximum absolute atomic E-state index is 12.0. The minimum absolute atomic E-state index is 0.125. The highest BCUT2D eigenvalue weighted by atomic mass is 16.5. The maximum atomic E-state index is 12.0. The van der Waals surface area contributed by atoms with Crippen molar-refractivity contribution in [3.63, 3.8) is 0 Å².